The number of benzene rings is 2. The number of anilines is 2. The van der Waals surface area contributed by atoms with Gasteiger partial charge in [0, 0.05) is 18.6 Å². The Morgan fingerprint density at radius 2 is 1.85 bits per heavy atom. The minimum atomic E-state index is -3.99. The van der Waals surface area contributed by atoms with Gasteiger partial charge in [-0.3, -0.25) is 9.62 Å². The van der Waals surface area contributed by atoms with Crippen molar-refractivity contribution in [2.75, 3.05) is 23.1 Å². The molecule has 1 atom stereocenters. The number of rotatable bonds is 9. The van der Waals surface area contributed by atoms with Crippen molar-refractivity contribution in [1.82, 2.24) is 4.90 Å². The molecule has 0 aromatic heterocycles. The summed E-state index contributed by atoms with van der Waals surface area (Å²) in [5, 5.41) is 13.2. The number of nitrogens with one attached hydrogen (secondary N) is 2. The lowest BCUT2D eigenvalue weighted by molar-refractivity contribution is 0.0696. The molecule has 34 heavy (non-hydrogen) atoms. The lowest BCUT2D eigenvalue weighted by Gasteiger charge is -2.28. The third-order valence-corrected chi connectivity index (χ3v) is 8.47. The van der Waals surface area contributed by atoms with Crippen LogP contribution in [0.4, 0.5) is 11.4 Å². The van der Waals surface area contributed by atoms with Crippen molar-refractivity contribution in [3.63, 3.8) is 0 Å². The molecule has 1 heterocycles. The summed E-state index contributed by atoms with van der Waals surface area (Å²) in [6.07, 6.45) is 6.71. The summed E-state index contributed by atoms with van der Waals surface area (Å²) in [7, 11) is -3.99. The fourth-order valence-electron chi connectivity index (χ4n) is 5.43. The normalized spacial score (nSPS) is 18.6. The third-order valence-electron chi connectivity index (χ3n) is 7.05. The van der Waals surface area contributed by atoms with Crippen LogP contribution in [0.15, 0.2) is 41.3 Å². The predicted molar refractivity (Wildman–Crippen MR) is 135 cm³/mol. The summed E-state index contributed by atoms with van der Waals surface area (Å²) in [4.78, 5) is 14.7. The fraction of sp³-hybridized carbons (Fsp3) is 0.500. The van der Waals surface area contributed by atoms with Crippen LogP contribution in [-0.4, -0.2) is 49.6 Å². The van der Waals surface area contributed by atoms with E-state index in [0.29, 0.717) is 30.7 Å². The quantitative estimate of drug-likeness (QED) is 0.475. The Kier molecular flexibility index (Phi) is 7.48. The molecule has 2 aliphatic rings. The van der Waals surface area contributed by atoms with Crippen LogP contribution in [0.25, 0.3) is 0 Å². The average molecular weight is 486 g/mol. The van der Waals surface area contributed by atoms with Gasteiger partial charge in [0.25, 0.3) is 10.0 Å². The van der Waals surface area contributed by atoms with Crippen molar-refractivity contribution >= 4 is 27.4 Å². The van der Waals surface area contributed by atoms with Gasteiger partial charge in [0.1, 0.15) is 4.90 Å². The Hall–Kier alpha value is -2.58. The minimum Gasteiger partial charge on any atom is -0.478 e. The SMILES string of the molecule is CC(C)N1CCC[C@H]1CCNc1ccccc1S(=O)(=O)Nc1ccc2c(c1C(=O)O)CCCC2. The zero-order chi connectivity index (χ0) is 24.3. The molecule has 2 aromatic carbocycles. The molecule has 3 N–H and O–H groups in total. The number of sulfonamides is 1. The van der Waals surface area contributed by atoms with Crippen LogP contribution in [-0.2, 0) is 22.9 Å². The standard InChI is InChI=1S/C26H35N3O4S/c1-18(2)29-17-7-9-20(29)15-16-27-22-11-5-6-12-24(22)34(32,33)28-23-14-13-19-8-3-4-10-21(19)25(23)26(30)31/h5-6,11-14,18,20,27-28H,3-4,7-10,15-17H2,1-2H3,(H,30,31)/t20-/m0/s1. The van der Waals surface area contributed by atoms with Gasteiger partial charge in [-0.25, -0.2) is 13.2 Å². The maximum atomic E-state index is 13.4. The van der Waals surface area contributed by atoms with E-state index in [4.69, 9.17) is 0 Å². The molecule has 1 aliphatic carbocycles. The molecule has 0 amide bonds. The van der Waals surface area contributed by atoms with E-state index in [-0.39, 0.29) is 16.1 Å². The average Bonchev–Trinajstić information content (AvgIpc) is 3.27. The van der Waals surface area contributed by atoms with Crippen LogP contribution >= 0.6 is 0 Å². The summed E-state index contributed by atoms with van der Waals surface area (Å²) >= 11 is 0. The second-order valence-corrected chi connectivity index (χ2v) is 11.2. The van der Waals surface area contributed by atoms with E-state index in [1.54, 1.807) is 30.3 Å². The van der Waals surface area contributed by atoms with Gasteiger partial charge in [-0.05, 0) is 94.7 Å². The third kappa shape index (κ3) is 5.23. The Bertz CT molecular complexity index is 1150. The van der Waals surface area contributed by atoms with Gasteiger partial charge < -0.3 is 10.4 Å². The summed E-state index contributed by atoms with van der Waals surface area (Å²) < 4.78 is 29.3. The van der Waals surface area contributed by atoms with Crippen molar-refractivity contribution in [3.05, 3.63) is 53.1 Å². The molecule has 0 bridgehead atoms. The highest BCUT2D eigenvalue weighted by molar-refractivity contribution is 7.92. The highest BCUT2D eigenvalue weighted by Gasteiger charge is 2.27. The molecule has 0 saturated carbocycles. The van der Waals surface area contributed by atoms with E-state index in [1.807, 2.05) is 6.07 Å². The van der Waals surface area contributed by atoms with Crippen LogP contribution in [0.1, 0.15) is 67.4 Å². The number of aromatic carboxylic acids is 1. The van der Waals surface area contributed by atoms with Gasteiger partial charge in [0.15, 0.2) is 0 Å². The van der Waals surface area contributed by atoms with Gasteiger partial charge in [-0.2, -0.15) is 0 Å². The predicted octanol–water partition coefficient (Wildman–Crippen LogP) is 4.74. The van der Waals surface area contributed by atoms with Crippen molar-refractivity contribution in [2.24, 2.45) is 0 Å². The van der Waals surface area contributed by atoms with Crippen LogP contribution in [0.2, 0.25) is 0 Å². The summed E-state index contributed by atoms with van der Waals surface area (Å²) in [6.45, 7) is 6.21. The number of fused-ring (bicyclic) bond motifs is 1. The second kappa shape index (κ2) is 10.4. The number of carboxylic acid groups (broad SMARTS) is 1. The van der Waals surface area contributed by atoms with Gasteiger partial charge >= 0.3 is 5.97 Å². The molecule has 8 heteroatoms. The zero-order valence-electron chi connectivity index (χ0n) is 20.0. The minimum absolute atomic E-state index is 0.0706. The molecule has 1 fully saturated rings. The van der Waals surface area contributed by atoms with E-state index in [1.165, 1.54) is 6.42 Å². The first-order valence-corrected chi connectivity index (χ1v) is 13.8. The molecule has 1 aliphatic heterocycles. The van der Waals surface area contributed by atoms with Crippen LogP contribution < -0.4 is 10.0 Å². The number of para-hydroxylation sites is 1. The molecule has 7 nitrogen and oxygen atoms in total. The fourth-order valence-corrected chi connectivity index (χ4v) is 6.68. The van der Waals surface area contributed by atoms with Crippen molar-refractivity contribution in [3.8, 4) is 0 Å². The van der Waals surface area contributed by atoms with Crippen molar-refractivity contribution < 1.29 is 18.3 Å². The van der Waals surface area contributed by atoms with E-state index < -0.39 is 16.0 Å². The zero-order valence-corrected chi connectivity index (χ0v) is 20.8. The van der Waals surface area contributed by atoms with Crippen molar-refractivity contribution in [1.29, 1.82) is 0 Å². The monoisotopic (exact) mass is 485 g/mol. The number of nitrogens with zero attached hydrogens (tertiary/aromatic N) is 1. The summed E-state index contributed by atoms with van der Waals surface area (Å²) in [6, 6.07) is 11.2. The Morgan fingerprint density at radius 3 is 2.62 bits per heavy atom. The molecule has 0 spiro atoms. The number of carboxylic acids is 1. The smallest absolute Gasteiger partial charge is 0.338 e. The number of likely N-dealkylation sites (tertiary alicyclic amines) is 1. The first-order chi connectivity index (χ1) is 16.3. The van der Waals surface area contributed by atoms with Crippen LogP contribution in [0.5, 0.6) is 0 Å². The van der Waals surface area contributed by atoms with Gasteiger partial charge in [-0.1, -0.05) is 18.2 Å². The van der Waals surface area contributed by atoms with Crippen LogP contribution in [0, 0.1) is 0 Å². The molecule has 4 rings (SSSR count). The van der Waals surface area contributed by atoms with E-state index in [0.717, 1.165) is 49.8 Å². The van der Waals surface area contributed by atoms with Crippen molar-refractivity contribution in [2.45, 2.75) is 75.8 Å². The second-order valence-electron chi connectivity index (χ2n) is 9.58. The maximum Gasteiger partial charge on any atom is 0.338 e. The number of hydrogen-bond acceptors (Lipinski definition) is 5. The Balaban J connectivity index is 1.53. The van der Waals surface area contributed by atoms with Gasteiger partial charge in [0.2, 0.25) is 0 Å². The molecular weight excluding hydrogens is 450 g/mol. The highest BCUT2D eigenvalue weighted by Crippen LogP contribution is 2.32. The maximum absolute atomic E-state index is 13.4. The first kappa shape index (κ1) is 24.5. The van der Waals surface area contributed by atoms with E-state index in [2.05, 4.69) is 28.8 Å². The molecule has 0 unspecified atom stereocenters. The molecule has 184 valence electrons. The van der Waals surface area contributed by atoms with Gasteiger partial charge in [0.05, 0.1) is 16.9 Å². The molecular formula is C26H35N3O4S. The summed E-state index contributed by atoms with van der Waals surface area (Å²) in [5.74, 6) is -1.10. The van der Waals surface area contributed by atoms with E-state index >= 15 is 0 Å². The number of carbonyl (C=O) groups is 1. The van der Waals surface area contributed by atoms with Crippen LogP contribution in [0.3, 0.4) is 0 Å². The molecule has 0 radical (unpaired) electrons. The topological polar surface area (TPSA) is 98.7 Å². The number of aryl methyl sites for hydroxylation is 1. The lowest BCUT2D eigenvalue weighted by atomic mass is 9.87. The molecule has 1 saturated heterocycles. The first-order valence-electron chi connectivity index (χ1n) is 12.3. The summed E-state index contributed by atoms with van der Waals surface area (Å²) in [5.41, 5.74) is 2.47. The lowest BCUT2D eigenvalue weighted by Crippen LogP contribution is -2.36. The Labute approximate surface area is 202 Å². The van der Waals surface area contributed by atoms with E-state index in [9.17, 15) is 18.3 Å². The Morgan fingerprint density at radius 1 is 1.09 bits per heavy atom. The largest absolute Gasteiger partial charge is 0.478 e. The molecule has 2 aromatic rings. The number of hydrogen-bond donors (Lipinski definition) is 3. The van der Waals surface area contributed by atoms with Gasteiger partial charge in [-0.15, -0.1) is 0 Å². The highest BCUT2D eigenvalue weighted by atomic mass is 32.2.